The number of hydrogen-bond donors (Lipinski definition) is 2. The number of alkyl halides is 3. The Kier molecular flexibility index (Phi) is 5.47. The van der Waals surface area contributed by atoms with Crippen LogP contribution in [0.2, 0.25) is 0 Å². The van der Waals surface area contributed by atoms with Crippen molar-refractivity contribution in [3.8, 4) is 0 Å². The summed E-state index contributed by atoms with van der Waals surface area (Å²) < 4.78 is 39.2. The lowest BCUT2D eigenvalue weighted by molar-refractivity contribution is -0.185. The summed E-state index contributed by atoms with van der Waals surface area (Å²) in [6.07, 6.45) is -5.62. The van der Waals surface area contributed by atoms with Crippen LogP contribution in [0.4, 0.5) is 13.2 Å². The molecule has 0 rings (SSSR count). The number of nitrogens with one attached hydrogen (secondary N) is 1. The van der Waals surface area contributed by atoms with Crippen molar-refractivity contribution in [3.63, 3.8) is 0 Å². The standard InChI is InChI=1S/C7H12F3NO3/c1-5(6(13)11-2-3-12)14-4-7(8,9)10/h5,12H,2-4H2,1H3,(H,11,13)/t5-/m1/s1. The van der Waals surface area contributed by atoms with Crippen molar-refractivity contribution < 1.29 is 27.8 Å². The quantitative estimate of drug-likeness (QED) is 0.682. The van der Waals surface area contributed by atoms with Crippen LogP contribution in [-0.4, -0.2) is 43.1 Å². The summed E-state index contributed by atoms with van der Waals surface area (Å²) >= 11 is 0. The molecule has 0 saturated heterocycles. The predicted molar refractivity (Wildman–Crippen MR) is 41.6 cm³/mol. The molecule has 0 aliphatic rings. The first-order valence-electron chi connectivity index (χ1n) is 3.93. The van der Waals surface area contributed by atoms with Gasteiger partial charge in [0.25, 0.3) is 0 Å². The number of ether oxygens (including phenoxy) is 1. The number of carbonyl (C=O) groups excluding carboxylic acids is 1. The third-order valence-electron chi connectivity index (χ3n) is 1.28. The van der Waals surface area contributed by atoms with Crippen LogP contribution in [0.15, 0.2) is 0 Å². The van der Waals surface area contributed by atoms with Crippen molar-refractivity contribution in [2.24, 2.45) is 0 Å². The molecule has 14 heavy (non-hydrogen) atoms. The third kappa shape index (κ3) is 6.67. The minimum Gasteiger partial charge on any atom is -0.395 e. The summed E-state index contributed by atoms with van der Waals surface area (Å²) in [5.74, 6) is -0.678. The van der Waals surface area contributed by atoms with Gasteiger partial charge in [0.2, 0.25) is 5.91 Å². The predicted octanol–water partition coefficient (Wildman–Crippen LogP) is 0.0623. The van der Waals surface area contributed by atoms with E-state index in [1.54, 1.807) is 0 Å². The lowest BCUT2D eigenvalue weighted by atomic mass is 10.4. The van der Waals surface area contributed by atoms with E-state index in [1.807, 2.05) is 0 Å². The fraction of sp³-hybridized carbons (Fsp3) is 0.857. The molecule has 1 amide bonds. The lowest BCUT2D eigenvalue weighted by Crippen LogP contribution is -2.37. The Bertz CT molecular complexity index is 184. The van der Waals surface area contributed by atoms with Gasteiger partial charge in [-0.25, -0.2) is 0 Å². The van der Waals surface area contributed by atoms with E-state index >= 15 is 0 Å². The molecule has 84 valence electrons. The van der Waals surface area contributed by atoms with E-state index in [0.717, 1.165) is 0 Å². The summed E-state index contributed by atoms with van der Waals surface area (Å²) in [6.45, 7) is -0.518. The minimum atomic E-state index is -4.44. The highest BCUT2D eigenvalue weighted by Crippen LogP contribution is 2.15. The fourth-order valence-corrected chi connectivity index (χ4v) is 0.618. The van der Waals surface area contributed by atoms with Crippen LogP contribution in [0.1, 0.15) is 6.92 Å². The molecule has 4 nitrogen and oxygen atoms in total. The molecule has 0 aromatic heterocycles. The van der Waals surface area contributed by atoms with Gasteiger partial charge < -0.3 is 15.2 Å². The molecular formula is C7H12F3NO3. The van der Waals surface area contributed by atoms with Crippen molar-refractivity contribution in [1.29, 1.82) is 0 Å². The van der Waals surface area contributed by atoms with Gasteiger partial charge in [0, 0.05) is 6.54 Å². The molecule has 0 radical (unpaired) electrons. The van der Waals surface area contributed by atoms with Gasteiger partial charge in [-0.2, -0.15) is 13.2 Å². The number of carbonyl (C=O) groups is 1. The molecule has 0 spiro atoms. The first kappa shape index (κ1) is 13.2. The molecule has 1 atom stereocenters. The molecule has 0 unspecified atom stereocenters. The van der Waals surface area contributed by atoms with Gasteiger partial charge in [-0.1, -0.05) is 0 Å². The van der Waals surface area contributed by atoms with E-state index in [0.29, 0.717) is 0 Å². The first-order valence-corrected chi connectivity index (χ1v) is 3.93. The highest BCUT2D eigenvalue weighted by molar-refractivity contribution is 5.80. The Labute approximate surface area is 79.0 Å². The zero-order chi connectivity index (χ0) is 11.2. The van der Waals surface area contributed by atoms with Crippen molar-refractivity contribution >= 4 is 5.91 Å². The van der Waals surface area contributed by atoms with Gasteiger partial charge in [-0.3, -0.25) is 4.79 Å². The van der Waals surface area contributed by atoms with Gasteiger partial charge in [0.05, 0.1) is 6.61 Å². The molecule has 0 heterocycles. The van der Waals surface area contributed by atoms with Crippen LogP contribution in [0.5, 0.6) is 0 Å². The van der Waals surface area contributed by atoms with Gasteiger partial charge in [-0.15, -0.1) is 0 Å². The molecule has 0 aromatic rings. The molecule has 2 N–H and O–H groups in total. The first-order chi connectivity index (χ1) is 6.37. The third-order valence-corrected chi connectivity index (χ3v) is 1.28. The van der Waals surface area contributed by atoms with Crippen molar-refractivity contribution in [2.45, 2.75) is 19.2 Å². The van der Waals surface area contributed by atoms with Gasteiger partial charge >= 0.3 is 6.18 Å². The Morgan fingerprint density at radius 3 is 2.57 bits per heavy atom. The number of hydrogen-bond acceptors (Lipinski definition) is 3. The van der Waals surface area contributed by atoms with E-state index in [1.165, 1.54) is 6.92 Å². The Hall–Kier alpha value is -0.820. The van der Waals surface area contributed by atoms with Crippen molar-refractivity contribution in [3.05, 3.63) is 0 Å². The van der Waals surface area contributed by atoms with Gasteiger partial charge in [0.15, 0.2) is 0 Å². The molecule has 0 aliphatic carbocycles. The minimum absolute atomic E-state index is 0.00144. The van der Waals surface area contributed by atoms with E-state index in [-0.39, 0.29) is 13.2 Å². The van der Waals surface area contributed by atoms with E-state index in [9.17, 15) is 18.0 Å². The summed E-state index contributed by atoms with van der Waals surface area (Å²) in [6, 6.07) is 0. The number of aliphatic hydroxyl groups excluding tert-OH is 1. The summed E-state index contributed by atoms with van der Waals surface area (Å²) in [4.78, 5) is 10.9. The Morgan fingerprint density at radius 1 is 1.57 bits per heavy atom. The highest BCUT2D eigenvalue weighted by Gasteiger charge is 2.29. The van der Waals surface area contributed by atoms with Crippen LogP contribution >= 0.6 is 0 Å². The molecule has 0 saturated carbocycles. The molecule has 0 fully saturated rings. The van der Waals surface area contributed by atoms with Crippen LogP contribution in [0, 0.1) is 0 Å². The Morgan fingerprint density at radius 2 is 2.14 bits per heavy atom. The molecule has 0 aromatic carbocycles. The van der Waals surface area contributed by atoms with Gasteiger partial charge in [0.1, 0.15) is 12.7 Å². The Balaban J connectivity index is 3.73. The van der Waals surface area contributed by atoms with Crippen molar-refractivity contribution in [2.75, 3.05) is 19.8 Å². The number of aliphatic hydroxyl groups is 1. The molecule has 0 bridgehead atoms. The molecular weight excluding hydrogens is 203 g/mol. The fourth-order valence-electron chi connectivity index (χ4n) is 0.618. The maximum Gasteiger partial charge on any atom is 0.411 e. The normalized spacial score (nSPS) is 13.8. The van der Waals surface area contributed by atoms with Crippen LogP contribution in [-0.2, 0) is 9.53 Å². The van der Waals surface area contributed by atoms with E-state index < -0.39 is 24.8 Å². The zero-order valence-corrected chi connectivity index (χ0v) is 7.60. The van der Waals surface area contributed by atoms with E-state index in [2.05, 4.69) is 10.1 Å². The maximum absolute atomic E-state index is 11.6. The number of amides is 1. The largest absolute Gasteiger partial charge is 0.411 e. The van der Waals surface area contributed by atoms with E-state index in [4.69, 9.17) is 5.11 Å². The molecule has 7 heteroatoms. The van der Waals surface area contributed by atoms with Crippen LogP contribution < -0.4 is 5.32 Å². The zero-order valence-electron chi connectivity index (χ0n) is 7.60. The number of rotatable bonds is 5. The van der Waals surface area contributed by atoms with Crippen LogP contribution in [0.3, 0.4) is 0 Å². The average Bonchev–Trinajstić information content (AvgIpc) is 2.09. The smallest absolute Gasteiger partial charge is 0.395 e. The average molecular weight is 215 g/mol. The SMILES string of the molecule is C[C@@H](OCC(F)(F)F)C(=O)NCCO. The topological polar surface area (TPSA) is 58.6 Å². The highest BCUT2D eigenvalue weighted by atomic mass is 19.4. The maximum atomic E-state index is 11.6. The van der Waals surface area contributed by atoms with Crippen molar-refractivity contribution in [1.82, 2.24) is 5.32 Å². The summed E-state index contributed by atoms with van der Waals surface area (Å²) in [7, 11) is 0. The summed E-state index contributed by atoms with van der Waals surface area (Å²) in [5, 5.41) is 10.5. The van der Waals surface area contributed by atoms with Crippen LogP contribution in [0.25, 0.3) is 0 Å². The second kappa shape index (κ2) is 5.82. The monoisotopic (exact) mass is 215 g/mol. The lowest BCUT2D eigenvalue weighted by Gasteiger charge is -2.14. The second-order valence-corrected chi connectivity index (χ2v) is 2.58. The second-order valence-electron chi connectivity index (χ2n) is 2.58. The summed E-state index contributed by atoms with van der Waals surface area (Å²) in [5.41, 5.74) is 0. The van der Waals surface area contributed by atoms with Gasteiger partial charge in [-0.05, 0) is 6.92 Å². The molecule has 0 aliphatic heterocycles. The number of halogens is 3.